The Labute approximate surface area is 125 Å². The van der Waals surface area contributed by atoms with Gasteiger partial charge in [-0.2, -0.15) is 13.2 Å². The second kappa shape index (κ2) is 6.84. The first-order valence-corrected chi connectivity index (χ1v) is 6.86. The zero-order chi connectivity index (χ0) is 16.2. The molecule has 0 amide bonds. The quantitative estimate of drug-likeness (QED) is 0.443. The van der Waals surface area contributed by atoms with Crippen LogP contribution in [0.25, 0.3) is 0 Å². The average molecular weight is 320 g/mol. The average Bonchev–Trinajstić information content (AvgIpc) is 2.68. The lowest BCUT2D eigenvalue weighted by atomic mass is 10.1. The highest BCUT2D eigenvalue weighted by molar-refractivity contribution is 8.03. The fraction of sp³-hybridized carbons (Fsp3) is 0.385. The van der Waals surface area contributed by atoms with E-state index in [4.69, 9.17) is 0 Å². The predicted molar refractivity (Wildman–Crippen MR) is 76.7 cm³/mol. The number of hydrogen-bond donors (Lipinski definition) is 0. The standard InChI is InChI=1S/C13H15F3N2O2S/c1-8(2)7-10(18(3)4)21-6-5-9-11(13(14,15)16)17-20-12(9)19/h5,7H,1,6H2,2-4H3/b9-5-,10-7-. The van der Waals surface area contributed by atoms with Crippen LogP contribution in [0.2, 0.25) is 0 Å². The number of oxime groups is 1. The van der Waals surface area contributed by atoms with Crippen molar-refractivity contribution in [3.8, 4) is 0 Å². The summed E-state index contributed by atoms with van der Waals surface area (Å²) in [6.45, 7) is 5.56. The normalized spacial score (nSPS) is 17.8. The van der Waals surface area contributed by atoms with Gasteiger partial charge >= 0.3 is 12.1 Å². The van der Waals surface area contributed by atoms with E-state index in [-0.39, 0.29) is 5.75 Å². The van der Waals surface area contributed by atoms with Gasteiger partial charge in [-0.3, -0.25) is 0 Å². The van der Waals surface area contributed by atoms with Crippen LogP contribution in [0.1, 0.15) is 6.92 Å². The molecule has 0 aromatic heterocycles. The molecule has 1 heterocycles. The molecule has 0 radical (unpaired) electrons. The van der Waals surface area contributed by atoms with Gasteiger partial charge in [0, 0.05) is 19.8 Å². The third kappa shape index (κ3) is 4.96. The van der Waals surface area contributed by atoms with E-state index in [0.29, 0.717) is 0 Å². The second-order valence-corrected chi connectivity index (χ2v) is 5.51. The number of nitrogens with zero attached hydrogens (tertiary/aromatic N) is 2. The fourth-order valence-electron chi connectivity index (χ4n) is 1.39. The molecule has 0 atom stereocenters. The first-order valence-electron chi connectivity index (χ1n) is 5.87. The van der Waals surface area contributed by atoms with Crippen molar-refractivity contribution >= 4 is 23.4 Å². The zero-order valence-electron chi connectivity index (χ0n) is 11.8. The topological polar surface area (TPSA) is 41.9 Å². The van der Waals surface area contributed by atoms with Gasteiger partial charge in [0.05, 0.1) is 10.6 Å². The Balaban J connectivity index is 2.82. The third-order valence-corrected chi connectivity index (χ3v) is 3.40. The lowest BCUT2D eigenvalue weighted by Crippen LogP contribution is -2.24. The summed E-state index contributed by atoms with van der Waals surface area (Å²) in [5, 5.41) is 3.59. The van der Waals surface area contributed by atoms with Crippen molar-refractivity contribution in [2.75, 3.05) is 19.8 Å². The van der Waals surface area contributed by atoms with Crippen molar-refractivity contribution in [2.45, 2.75) is 13.1 Å². The number of halogens is 3. The van der Waals surface area contributed by atoms with Crippen molar-refractivity contribution in [1.82, 2.24) is 4.90 Å². The van der Waals surface area contributed by atoms with E-state index >= 15 is 0 Å². The molecule has 0 aromatic carbocycles. The first kappa shape index (κ1) is 17.4. The molecule has 0 bridgehead atoms. The van der Waals surface area contributed by atoms with Crippen molar-refractivity contribution in [3.63, 3.8) is 0 Å². The van der Waals surface area contributed by atoms with Crippen molar-refractivity contribution < 1.29 is 22.8 Å². The molecule has 116 valence electrons. The summed E-state index contributed by atoms with van der Waals surface area (Å²) in [5.74, 6) is -0.908. The molecule has 4 nitrogen and oxygen atoms in total. The highest BCUT2D eigenvalue weighted by atomic mass is 32.2. The second-order valence-electron chi connectivity index (χ2n) is 4.47. The molecule has 0 aromatic rings. The summed E-state index contributed by atoms with van der Waals surface area (Å²) in [5.41, 5.74) is -1.02. The largest absolute Gasteiger partial charge is 0.437 e. The van der Waals surface area contributed by atoms with E-state index in [9.17, 15) is 18.0 Å². The Morgan fingerprint density at radius 3 is 2.57 bits per heavy atom. The van der Waals surface area contributed by atoms with Crippen molar-refractivity contribution in [1.29, 1.82) is 0 Å². The van der Waals surface area contributed by atoms with Crippen LogP contribution in [0, 0.1) is 0 Å². The van der Waals surface area contributed by atoms with Gasteiger partial charge in [-0.1, -0.05) is 23.4 Å². The van der Waals surface area contributed by atoms with Crippen LogP contribution >= 0.6 is 11.8 Å². The molecule has 0 N–H and O–H groups in total. The van der Waals surface area contributed by atoms with E-state index in [1.165, 1.54) is 17.8 Å². The Morgan fingerprint density at radius 1 is 1.48 bits per heavy atom. The number of allylic oxidation sites excluding steroid dienone is 2. The molecule has 0 saturated heterocycles. The van der Waals surface area contributed by atoms with Crippen LogP contribution in [-0.2, 0) is 9.63 Å². The van der Waals surface area contributed by atoms with Gasteiger partial charge in [0.2, 0.25) is 0 Å². The van der Waals surface area contributed by atoms with Gasteiger partial charge in [-0.15, -0.1) is 11.8 Å². The summed E-state index contributed by atoms with van der Waals surface area (Å²) >= 11 is 1.28. The third-order valence-electron chi connectivity index (χ3n) is 2.29. The molecule has 1 aliphatic rings. The maximum atomic E-state index is 12.6. The lowest BCUT2D eigenvalue weighted by Gasteiger charge is -2.16. The molecule has 0 unspecified atom stereocenters. The fourth-order valence-corrected chi connectivity index (χ4v) is 2.35. The molecular formula is C13H15F3N2O2S. The summed E-state index contributed by atoms with van der Waals surface area (Å²) in [4.78, 5) is 17.2. The summed E-state index contributed by atoms with van der Waals surface area (Å²) < 4.78 is 37.9. The van der Waals surface area contributed by atoms with Gasteiger partial charge in [0.15, 0.2) is 5.71 Å². The smallest absolute Gasteiger partial charge is 0.372 e. The maximum Gasteiger partial charge on any atom is 0.437 e. The highest BCUT2D eigenvalue weighted by Gasteiger charge is 2.45. The SMILES string of the molecule is C=C(C)/C=C(\SC/C=C1\C(=O)ON=C1C(F)(F)F)N(C)C. The molecular weight excluding hydrogens is 305 g/mol. The molecule has 1 rings (SSSR count). The van der Waals surface area contributed by atoms with E-state index < -0.39 is 23.4 Å². The minimum absolute atomic E-state index is 0.177. The number of carbonyl (C=O) groups is 1. The lowest BCUT2D eigenvalue weighted by molar-refractivity contribution is -0.136. The van der Waals surface area contributed by atoms with Gasteiger partial charge in [0.25, 0.3) is 0 Å². The van der Waals surface area contributed by atoms with E-state index in [2.05, 4.69) is 16.6 Å². The predicted octanol–water partition coefficient (Wildman–Crippen LogP) is 3.10. The van der Waals surface area contributed by atoms with E-state index in [0.717, 1.165) is 10.6 Å². The first-order chi connectivity index (χ1) is 9.62. The van der Waals surface area contributed by atoms with Gasteiger partial charge in [-0.05, 0) is 13.0 Å². The summed E-state index contributed by atoms with van der Waals surface area (Å²) in [7, 11) is 3.61. The van der Waals surface area contributed by atoms with Crippen LogP contribution in [0.15, 0.2) is 40.1 Å². The molecule has 8 heteroatoms. The van der Waals surface area contributed by atoms with Gasteiger partial charge in [0.1, 0.15) is 0 Å². The minimum atomic E-state index is -4.71. The van der Waals surface area contributed by atoms with Crippen LogP contribution < -0.4 is 0 Å². The minimum Gasteiger partial charge on any atom is -0.372 e. The molecule has 21 heavy (non-hydrogen) atoms. The van der Waals surface area contributed by atoms with Crippen LogP contribution in [-0.4, -0.2) is 42.6 Å². The highest BCUT2D eigenvalue weighted by Crippen LogP contribution is 2.28. The summed E-state index contributed by atoms with van der Waals surface area (Å²) in [6.07, 6.45) is -1.74. The number of rotatable bonds is 5. The molecule has 0 spiro atoms. The number of carbonyl (C=O) groups excluding carboxylic acids is 1. The number of alkyl halides is 3. The Kier molecular flexibility index (Phi) is 5.65. The Bertz CT molecular complexity index is 534. The summed E-state index contributed by atoms with van der Waals surface area (Å²) in [6, 6.07) is 0. The zero-order valence-corrected chi connectivity index (χ0v) is 12.6. The molecule has 1 aliphatic heterocycles. The van der Waals surface area contributed by atoms with Crippen molar-refractivity contribution in [3.05, 3.63) is 34.9 Å². The van der Waals surface area contributed by atoms with Gasteiger partial charge in [-0.25, -0.2) is 4.79 Å². The van der Waals surface area contributed by atoms with Crippen LogP contribution in [0.5, 0.6) is 0 Å². The number of hydrogen-bond acceptors (Lipinski definition) is 5. The Hall–Kier alpha value is -1.70. The van der Waals surface area contributed by atoms with E-state index in [1.807, 2.05) is 11.8 Å². The number of thioether (sulfide) groups is 1. The van der Waals surface area contributed by atoms with Crippen LogP contribution in [0.4, 0.5) is 13.2 Å². The molecule has 0 saturated carbocycles. The maximum absolute atomic E-state index is 12.6. The monoisotopic (exact) mass is 320 g/mol. The van der Waals surface area contributed by atoms with Crippen molar-refractivity contribution in [2.24, 2.45) is 5.16 Å². The molecule has 0 fully saturated rings. The molecule has 0 aliphatic carbocycles. The van der Waals surface area contributed by atoms with Gasteiger partial charge < -0.3 is 9.74 Å². The van der Waals surface area contributed by atoms with Crippen LogP contribution in [0.3, 0.4) is 0 Å². The Morgan fingerprint density at radius 2 is 2.10 bits per heavy atom. The van der Waals surface area contributed by atoms with E-state index in [1.54, 1.807) is 20.2 Å².